The predicted molar refractivity (Wildman–Crippen MR) is 82.8 cm³/mol. The number of rotatable bonds is 3. The van der Waals surface area contributed by atoms with E-state index in [1.807, 2.05) is 44.3 Å². The Labute approximate surface area is 123 Å². The van der Waals surface area contributed by atoms with Gasteiger partial charge in [-0.1, -0.05) is 30.3 Å². The second-order valence-electron chi connectivity index (χ2n) is 4.58. The van der Waals surface area contributed by atoms with Crippen LogP contribution in [0.25, 0.3) is 22.8 Å². The Morgan fingerprint density at radius 2 is 1.81 bits per heavy atom. The highest BCUT2D eigenvalue weighted by atomic mass is 15.0. The van der Waals surface area contributed by atoms with Gasteiger partial charge in [0.1, 0.15) is 17.8 Å². The fourth-order valence-electron chi connectivity index (χ4n) is 2.17. The molecule has 0 spiro atoms. The second kappa shape index (κ2) is 5.66. The lowest BCUT2D eigenvalue weighted by atomic mass is 10.1. The topological polar surface area (TPSA) is 63.6 Å². The Kier molecular flexibility index (Phi) is 3.55. The molecule has 3 rings (SSSR count). The summed E-state index contributed by atoms with van der Waals surface area (Å²) in [5.41, 5.74) is 3.69. The molecule has 2 aromatic heterocycles. The third-order valence-corrected chi connectivity index (χ3v) is 3.24. The average molecular weight is 277 g/mol. The van der Waals surface area contributed by atoms with Crippen molar-refractivity contribution in [2.75, 3.05) is 12.4 Å². The van der Waals surface area contributed by atoms with Crippen molar-refractivity contribution in [2.45, 2.75) is 6.92 Å². The molecule has 2 heterocycles. The molecule has 0 unspecified atom stereocenters. The number of nitrogens with zero attached hydrogens (tertiary/aromatic N) is 4. The van der Waals surface area contributed by atoms with Gasteiger partial charge in [0.25, 0.3) is 0 Å². The molecule has 0 radical (unpaired) electrons. The molecule has 0 bridgehead atoms. The molecule has 3 aromatic rings. The van der Waals surface area contributed by atoms with Gasteiger partial charge in [0.2, 0.25) is 0 Å². The van der Waals surface area contributed by atoms with E-state index in [2.05, 4.69) is 25.3 Å². The minimum absolute atomic E-state index is 0.589. The highest BCUT2D eigenvalue weighted by Crippen LogP contribution is 2.27. The number of hydrogen-bond acceptors (Lipinski definition) is 5. The van der Waals surface area contributed by atoms with E-state index < -0.39 is 0 Å². The first-order valence-corrected chi connectivity index (χ1v) is 6.68. The molecular formula is C16H15N5. The van der Waals surface area contributed by atoms with Gasteiger partial charge in [-0.05, 0) is 13.0 Å². The molecule has 0 saturated carbocycles. The van der Waals surface area contributed by atoms with E-state index in [9.17, 15) is 0 Å². The molecule has 21 heavy (non-hydrogen) atoms. The first-order chi connectivity index (χ1) is 10.3. The SMILES string of the molecule is CNc1nc(-c2ccncn2)nc(-c2ccccc2)c1C. The molecule has 0 fully saturated rings. The maximum atomic E-state index is 4.68. The lowest BCUT2D eigenvalue weighted by Crippen LogP contribution is -2.03. The van der Waals surface area contributed by atoms with Crippen LogP contribution in [0.3, 0.4) is 0 Å². The summed E-state index contributed by atoms with van der Waals surface area (Å²) < 4.78 is 0. The Bertz CT molecular complexity index is 741. The van der Waals surface area contributed by atoms with Gasteiger partial charge in [-0.2, -0.15) is 0 Å². The van der Waals surface area contributed by atoms with Crippen molar-refractivity contribution in [3.8, 4) is 22.8 Å². The van der Waals surface area contributed by atoms with Crippen molar-refractivity contribution < 1.29 is 0 Å². The Hall–Kier alpha value is -2.82. The van der Waals surface area contributed by atoms with Gasteiger partial charge >= 0.3 is 0 Å². The fraction of sp³-hybridized carbons (Fsp3) is 0.125. The summed E-state index contributed by atoms with van der Waals surface area (Å²) in [6.07, 6.45) is 3.19. The summed E-state index contributed by atoms with van der Waals surface area (Å²) in [6.45, 7) is 2.01. The van der Waals surface area contributed by atoms with Crippen LogP contribution in [-0.2, 0) is 0 Å². The van der Waals surface area contributed by atoms with E-state index in [0.717, 1.165) is 22.6 Å². The molecule has 0 atom stereocenters. The van der Waals surface area contributed by atoms with E-state index >= 15 is 0 Å². The van der Waals surface area contributed by atoms with Crippen molar-refractivity contribution in [3.63, 3.8) is 0 Å². The molecule has 0 aliphatic rings. The van der Waals surface area contributed by atoms with Crippen LogP contribution in [0.2, 0.25) is 0 Å². The first kappa shape index (κ1) is 13.2. The summed E-state index contributed by atoms with van der Waals surface area (Å²) in [6, 6.07) is 11.9. The number of aromatic nitrogens is 4. The highest BCUT2D eigenvalue weighted by Gasteiger charge is 2.13. The van der Waals surface area contributed by atoms with Crippen LogP contribution < -0.4 is 5.32 Å². The van der Waals surface area contributed by atoms with Gasteiger partial charge < -0.3 is 5.32 Å². The standard InChI is InChI=1S/C16H15N5/c1-11-14(12-6-4-3-5-7-12)20-16(21-15(11)17-2)13-8-9-18-10-19-13/h3-10H,1-2H3,(H,17,20,21). The summed E-state index contributed by atoms with van der Waals surface area (Å²) in [4.78, 5) is 17.4. The zero-order valence-corrected chi connectivity index (χ0v) is 11.9. The van der Waals surface area contributed by atoms with Gasteiger partial charge in [-0.25, -0.2) is 19.9 Å². The van der Waals surface area contributed by atoms with Crippen LogP contribution in [0.4, 0.5) is 5.82 Å². The predicted octanol–water partition coefficient (Wildman–Crippen LogP) is 2.95. The minimum Gasteiger partial charge on any atom is -0.373 e. The number of anilines is 1. The smallest absolute Gasteiger partial charge is 0.180 e. The molecule has 104 valence electrons. The van der Waals surface area contributed by atoms with E-state index in [1.165, 1.54) is 6.33 Å². The molecule has 5 nitrogen and oxygen atoms in total. The van der Waals surface area contributed by atoms with Gasteiger partial charge in [-0.3, -0.25) is 0 Å². The third-order valence-electron chi connectivity index (χ3n) is 3.24. The molecular weight excluding hydrogens is 262 g/mol. The lowest BCUT2D eigenvalue weighted by Gasteiger charge is -2.12. The maximum absolute atomic E-state index is 4.68. The zero-order chi connectivity index (χ0) is 14.7. The lowest BCUT2D eigenvalue weighted by molar-refractivity contribution is 1.09. The normalized spacial score (nSPS) is 10.4. The van der Waals surface area contributed by atoms with Gasteiger partial charge in [0, 0.05) is 24.4 Å². The van der Waals surface area contributed by atoms with Gasteiger partial charge in [-0.15, -0.1) is 0 Å². The van der Waals surface area contributed by atoms with Crippen LogP contribution in [0, 0.1) is 6.92 Å². The van der Waals surface area contributed by atoms with Crippen molar-refractivity contribution in [2.24, 2.45) is 0 Å². The molecule has 1 N–H and O–H groups in total. The Balaban J connectivity index is 2.21. The van der Waals surface area contributed by atoms with E-state index in [-0.39, 0.29) is 0 Å². The molecule has 1 aromatic carbocycles. The van der Waals surface area contributed by atoms with Crippen molar-refractivity contribution in [1.82, 2.24) is 19.9 Å². The summed E-state index contributed by atoms with van der Waals surface area (Å²) in [5.74, 6) is 1.39. The van der Waals surface area contributed by atoms with Gasteiger partial charge in [0.15, 0.2) is 5.82 Å². The zero-order valence-electron chi connectivity index (χ0n) is 11.9. The summed E-state index contributed by atoms with van der Waals surface area (Å²) >= 11 is 0. The molecule has 5 heteroatoms. The van der Waals surface area contributed by atoms with E-state index in [4.69, 9.17) is 0 Å². The van der Waals surface area contributed by atoms with Gasteiger partial charge in [0.05, 0.1) is 5.69 Å². The second-order valence-corrected chi connectivity index (χ2v) is 4.58. The summed E-state index contributed by atoms with van der Waals surface area (Å²) in [5, 5.41) is 3.12. The Morgan fingerprint density at radius 3 is 2.48 bits per heavy atom. The first-order valence-electron chi connectivity index (χ1n) is 6.68. The van der Waals surface area contributed by atoms with E-state index in [1.54, 1.807) is 12.3 Å². The molecule has 0 saturated heterocycles. The van der Waals surface area contributed by atoms with Crippen LogP contribution in [-0.4, -0.2) is 27.0 Å². The van der Waals surface area contributed by atoms with E-state index in [0.29, 0.717) is 11.5 Å². The third kappa shape index (κ3) is 2.58. The summed E-state index contributed by atoms with van der Waals surface area (Å²) in [7, 11) is 1.86. The van der Waals surface area contributed by atoms with Crippen molar-refractivity contribution in [1.29, 1.82) is 0 Å². The van der Waals surface area contributed by atoms with Crippen LogP contribution in [0.5, 0.6) is 0 Å². The Morgan fingerprint density at radius 1 is 1.00 bits per heavy atom. The molecule has 0 amide bonds. The van der Waals surface area contributed by atoms with Crippen molar-refractivity contribution >= 4 is 5.82 Å². The average Bonchev–Trinajstić information content (AvgIpc) is 2.56. The number of hydrogen-bond donors (Lipinski definition) is 1. The fourth-order valence-corrected chi connectivity index (χ4v) is 2.17. The quantitative estimate of drug-likeness (QED) is 0.797. The number of benzene rings is 1. The van der Waals surface area contributed by atoms with Crippen LogP contribution >= 0.6 is 0 Å². The monoisotopic (exact) mass is 277 g/mol. The van der Waals surface area contributed by atoms with Crippen molar-refractivity contribution in [3.05, 3.63) is 54.5 Å². The van der Waals surface area contributed by atoms with Crippen LogP contribution in [0.1, 0.15) is 5.56 Å². The molecule has 0 aliphatic carbocycles. The van der Waals surface area contributed by atoms with Crippen LogP contribution in [0.15, 0.2) is 48.9 Å². The molecule has 0 aliphatic heterocycles. The number of nitrogens with one attached hydrogen (secondary N) is 1. The minimum atomic E-state index is 0.589. The maximum Gasteiger partial charge on any atom is 0.180 e. The largest absolute Gasteiger partial charge is 0.373 e. The highest BCUT2D eigenvalue weighted by molar-refractivity contribution is 5.70.